The predicted molar refractivity (Wildman–Crippen MR) is 155 cm³/mol. The molecule has 5 rings (SSSR count). The maximum Gasteiger partial charge on any atom is 0.416 e. The number of fused-ring (bicyclic) bond motifs is 3. The van der Waals surface area contributed by atoms with Crippen LogP contribution in [0.1, 0.15) is 23.9 Å². The molecule has 0 radical (unpaired) electrons. The lowest BCUT2D eigenvalue weighted by molar-refractivity contribution is -0.137. The minimum Gasteiger partial charge on any atom is -0.497 e. The van der Waals surface area contributed by atoms with Gasteiger partial charge in [0.05, 0.1) is 37.9 Å². The second-order valence-electron chi connectivity index (χ2n) is 9.67. The predicted octanol–water partition coefficient (Wildman–Crippen LogP) is 5.27. The van der Waals surface area contributed by atoms with Crippen LogP contribution in [0.5, 0.6) is 17.2 Å². The number of halogens is 3. The Balaban J connectivity index is 1.44. The molecule has 15 heteroatoms. The van der Waals surface area contributed by atoms with Gasteiger partial charge in [-0.1, -0.05) is 6.07 Å². The molecule has 0 aliphatic rings. The molecule has 232 valence electrons. The molecule has 1 atom stereocenters. The summed E-state index contributed by atoms with van der Waals surface area (Å²) >= 11 is 0. The first-order chi connectivity index (χ1) is 20.9. The van der Waals surface area contributed by atoms with E-state index in [0.29, 0.717) is 58.4 Å². The number of para-hydroxylation sites is 1. The largest absolute Gasteiger partial charge is 0.497 e. The number of hydrogen-bond acceptors (Lipinski definition) is 10. The third kappa shape index (κ3) is 6.33. The van der Waals surface area contributed by atoms with E-state index in [2.05, 4.69) is 15.4 Å². The fourth-order valence-electron chi connectivity index (χ4n) is 4.56. The summed E-state index contributed by atoms with van der Waals surface area (Å²) in [5, 5.41) is 8.48. The summed E-state index contributed by atoms with van der Waals surface area (Å²) in [6, 6.07) is 13.9. The molecule has 11 nitrogen and oxygen atoms in total. The average Bonchev–Trinajstić information content (AvgIpc) is 3.42. The van der Waals surface area contributed by atoms with Gasteiger partial charge in [-0.3, -0.25) is 4.18 Å². The summed E-state index contributed by atoms with van der Waals surface area (Å²) < 4.78 is 87.3. The fraction of sp³-hybridized carbons (Fsp3) is 0.276. The van der Waals surface area contributed by atoms with E-state index in [-0.39, 0.29) is 12.2 Å². The van der Waals surface area contributed by atoms with Crippen molar-refractivity contribution >= 4 is 32.6 Å². The minimum atomic E-state index is -4.59. The van der Waals surface area contributed by atoms with Crippen molar-refractivity contribution in [2.24, 2.45) is 0 Å². The van der Waals surface area contributed by atoms with Gasteiger partial charge in [-0.15, -0.1) is 5.10 Å². The number of rotatable bonds is 11. The number of nitrogens with one attached hydrogen (secondary N) is 1. The number of alkyl halides is 3. The molecule has 2 heterocycles. The van der Waals surface area contributed by atoms with E-state index >= 15 is 0 Å². The maximum atomic E-state index is 12.9. The number of methoxy groups -OCH3 is 3. The lowest BCUT2D eigenvalue weighted by Gasteiger charge is -2.13. The van der Waals surface area contributed by atoms with Gasteiger partial charge in [0.1, 0.15) is 22.8 Å². The van der Waals surface area contributed by atoms with Crippen molar-refractivity contribution in [3.05, 3.63) is 77.6 Å². The van der Waals surface area contributed by atoms with Crippen LogP contribution in [0.2, 0.25) is 0 Å². The number of hydrogen-bond donors (Lipinski definition) is 1. The van der Waals surface area contributed by atoms with Crippen LogP contribution in [-0.2, 0) is 33.4 Å². The molecule has 0 saturated carbocycles. The third-order valence-corrected chi connectivity index (χ3v) is 8.12. The van der Waals surface area contributed by atoms with E-state index in [1.54, 1.807) is 38.5 Å². The zero-order valence-corrected chi connectivity index (χ0v) is 24.9. The first-order valence-electron chi connectivity index (χ1n) is 13.2. The Morgan fingerprint density at radius 3 is 2.32 bits per heavy atom. The van der Waals surface area contributed by atoms with Crippen molar-refractivity contribution in [1.82, 2.24) is 19.6 Å². The second-order valence-corrected chi connectivity index (χ2v) is 11.2. The molecule has 0 aliphatic carbocycles. The van der Waals surface area contributed by atoms with Gasteiger partial charge in [0.2, 0.25) is 5.95 Å². The molecule has 1 N–H and O–H groups in total. The standard InChI is InChI=1S/C29H28F3N5O6S/c1-17(43-44(38,39)21-12-9-19(10-13-21)29(30,31)32)14-25-34-27-22-6-5-7-23(41-3)26(22)35-28(37(27)36-25)33-16-18-8-11-20(40-2)15-24(18)42-4/h5-13,15,17H,14,16H2,1-4H3,(H,33,35). The Morgan fingerprint density at radius 1 is 0.932 bits per heavy atom. The molecule has 44 heavy (non-hydrogen) atoms. The molecule has 0 saturated heterocycles. The molecule has 1 unspecified atom stereocenters. The van der Waals surface area contributed by atoms with E-state index in [1.807, 2.05) is 12.1 Å². The van der Waals surface area contributed by atoms with Gasteiger partial charge in [0.25, 0.3) is 10.1 Å². The number of anilines is 1. The average molecular weight is 632 g/mol. The van der Waals surface area contributed by atoms with Crippen LogP contribution in [0.25, 0.3) is 16.6 Å². The van der Waals surface area contributed by atoms with Crippen LogP contribution in [0.3, 0.4) is 0 Å². The Hall–Kier alpha value is -4.63. The van der Waals surface area contributed by atoms with Crippen LogP contribution >= 0.6 is 0 Å². The Bertz CT molecular complexity index is 1910. The zero-order valence-electron chi connectivity index (χ0n) is 24.0. The van der Waals surface area contributed by atoms with Gasteiger partial charge in [-0.2, -0.15) is 26.1 Å². The van der Waals surface area contributed by atoms with Crippen molar-refractivity contribution in [2.75, 3.05) is 26.6 Å². The van der Waals surface area contributed by atoms with Crippen molar-refractivity contribution in [3.8, 4) is 17.2 Å². The van der Waals surface area contributed by atoms with Gasteiger partial charge in [0, 0.05) is 30.0 Å². The van der Waals surface area contributed by atoms with Gasteiger partial charge < -0.3 is 19.5 Å². The van der Waals surface area contributed by atoms with Crippen molar-refractivity contribution in [1.29, 1.82) is 0 Å². The van der Waals surface area contributed by atoms with Crippen molar-refractivity contribution < 1.29 is 40.0 Å². The van der Waals surface area contributed by atoms with Crippen LogP contribution in [-0.4, -0.2) is 55.4 Å². The van der Waals surface area contributed by atoms with E-state index in [0.717, 1.165) is 17.7 Å². The normalized spacial score (nSPS) is 12.8. The number of ether oxygens (including phenoxy) is 3. The second kappa shape index (κ2) is 12.2. The summed E-state index contributed by atoms with van der Waals surface area (Å²) in [7, 11) is 0.282. The van der Waals surface area contributed by atoms with Gasteiger partial charge in [-0.05, 0) is 55.5 Å². The number of aromatic nitrogens is 4. The van der Waals surface area contributed by atoms with Gasteiger partial charge >= 0.3 is 6.18 Å². The lowest BCUT2D eigenvalue weighted by atomic mass is 10.2. The molecule has 3 aromatic carbocycles. The zero-order chi connectivity index (χ0) is 31.6. The monoisotopic (exact) mass is 631 g/mol. The van der Waals surface area contributed by atoms with E-state index < -0.39 is 32.9 Å². The van der Waals surface area contributed by atoms with Crippen LogP contribution in [0, 0.1) is 0 Å². The molecule has 0 amide bonds. The summed E-state index contributed by atoms with van der Waals surface area (Å²) in [5.74, 6) is 2.34. The van der Waals surface area contributed by atoms with Crippen LogP contribution in [0.15, 0.2) is 65.6 Å². The highest BCUT2D eigenvalue weighted by atomic mass is 32.2. The molecule has 5 aromatic rings. The summed E-state index contributed by atoms with van der Waals surface area (Å²) in [6.07, 6.45) is -5.57. The number of nitrogens with zero attached hydrogens (tertiary/aromatic N) is 4. The highest BCUT2D eigenvalue weighted by Gasteiger charge is 2.31. The Labute approximate surface area is 250 Å². The first-order valence-corrected chi connectivity index (χ1v) is 14.6. The number of benzene rings is 3. The van der Waals surface area contributed by atoms with E-state index in [4.69, 9.17) is 23.4 Å². The smallest absolute Gasteiger partial charge is 0.416 e. The SMILES string of the molecule is COc1ccc(CNc2nc3c(OC)cccc3c3nc(CC(C)OS(=O)(=O)c4ccc(C(F)(F)F)cc4)nn23)c(OC)c1. The highest BCUT2D eigenvalue weighted by molar-refractivity contribution is 7.86. The summed E-state index contributed by atoms with van der Waals surface area (Å²) in [6.45, 7) is 1.80. The van der Waals surface area contributed by atoms with Crippen LogP contribution < -0.4 is 19.5 Å². The molecule has 0 spiro atoms. The van der Waals surface area contributed by atoms with Gasteiger partial charge in [-0.25, -0.2) is 9.97 Å². The first kappa shape index (κ1) is 30.8. The fourth-order valence-corrected chi connectivity index (χ4v) is 5.64. The topological polar surface area (TPSA) is 126 Å². The third-order valence-electron chi connectivity index (χ3n) is 6.69. The Morgan fingerprint density at radius 2 is 1.66 bits per heavy atom. The molecule has 2 aromatic heterocycles. The molecule has 0 aliphatic heterocycles. The Kier molecular flexibility index (Phi) is 8.52. The lowest BCUT2D eigenvalue weighted by Crippen LogP contribution is -2.19. The van der Waals surface area contributed by atoms with E-state index in [1.165, 1.54) is 18.5 Å². The molecular weight excluding hydrogens is 603 g/mol. The molecule has 0 fully saturated rings. The molecule has 0 bridgehead atoms. The van der Waals surface area contributed by atoms with Crippen molar-refractivity contribution in [2.45, 2.75) is 37.1 Å². The minimum absolute atomic E-state index is 0.0290. The van der Waals surface area contributed by atoms with Crippen molar-refractivity contribution in [3.63, 3.8) is 0 Å². The van der Waals surface area contributed by atoms with Gasteiger partial charge in [0.15, 0.2) is 11.5 Å². The maximum absolute atomic E-state index is 12.9. The van der Waals surface area contributed by atoms with Crippen LogP contribution in [0.4, 0.5) is 19.1 Å². The summed E-state index contributed by atoms with van der Waals surface area (Å²) in [5.41, 5.74) is 0.815. The van der Waals surface area contributed by atoms with E-state index in [9.17, 15) is 21.6 Å². The molecular formula is C29H28F3N5O6S. The highest BCUT2D eigenvalue weighted by Crippen LogP contribution is 2.31. The quantitative estimate of drug-likeness (QED) is 0.193. The summed E-state index contributed by atoms with van der Waals surface area (Å²) in [4.78, 5) is 8.99.